The highest BCUT2D eigenvalue weighted by molar-refractivity contribution is 6.30. The molecule has 2 heterocycles. The number of pyridine rings is 1. The molecular weight excluding hydrogens is 347 g/mol. The van der Waals surface area contributed by atoms with Gasteiger partial charge in [-0.05, 0) is 18.2 Å². The first kappa shape index (κ1) is 16.3. The molecule has 0 aliphatic carbocycles. The van der Waals surface area contributed by atoms with Crippen molar-refractivity contribution >= 4 is 23.4 Å². The van der Waals surface area contributed by atoms with Gasteiger partial charge in [-0.15, -0.1) is 0 Å². The summed E-state index contributed by atoms with van der Waals surface area (Å²) in [5.41, 5.74) is 1.65. The molecule has 5 nitrogen and oxygen atoms in total. The maximum Gasteiger partial charge on any atom is 0.428 e. The van der Waals surface area contributed by atoms with Crippen LogP contribution in [0.5, 0.6) is 0 Å². The van der Waals surface area contributed by atoms with Crippen LogP contribution < -0.4 is 5.43 Å². The van der Waals surface area contributed by atoms with Gasteiger partial charge in [0.2, 0.25) is 0 Å². The Morgan fingerprint density at radius 1 is 1.21 bits per heavy atom. The first-order valence-corrected chi connectivity index (χ1v) is 7.05. The van der Waals surface area contributed by atoms with Gasteiger partial charge in [0.1, 0.15) is 12.3 Å². The maximum atomic E-state index is 13.4. The molecular formula is C15H9ClF3N3O2. The van der Waals surface area contributed by atoms with Gasteiger partial charge in [0.25, 0.3) is 0 Å². The number of amides is 1. The topological polar surface area (TPSA) is 63.6 Å². The number of carbonyl (C=O) groups excluding carboxylic acids is 1. The Hall–Kier alpha value is -2.61. The molecule has 2 aromatic rings. The third-order valence-electron chi connectivity index (χ3n) is 3.28. The largest absolute Gasteiger partial charge is 0.442 e. The van der Waals surface area contributed by atoms with Gasteiger partial charge in [-0.3, -0.25) is 4.98 Å². The number of benzene rings is 1. The molecule has 0 saturated carbocycles. The lowest BCUT2D eigenvalue weighted by atomic mass is 9.98. The Kier molecular flexibility index (Phi) is 4.15. The number of halogens is 4. The fraction of sp³-hybridized carbons (Fsp3) is 0.133. The van der Waals surface area contributed by atoms with Crippen LogP contribution in [0.25, 0.3) is 11.3 Å². The second-order valence-electron chi connectivity index (χ2n) is 4.87. The van der Waals surface area contributed by atoms with Crippen molar-refractivity contribution in [3.8, 4) is 11.3 Å². The first-order valence-electron chi connectivity index (χ1n) is 6.67. The van der Waals surface area contributed by atoms with E-state index in [1.165, 1.54) is 30.5 Å². The van der Waals surface area contributed by atoms with Crippen LogP contribution in [0, 0.1) is 0 Å². The van der Waals surface area contributed by atoms with Crippen LogP contribution in [0.3, 0.4) is 0 Å². The summed E-state index contributed by atoms with van der Waals surface area (Å²) in [6.07, 6.45) is -4.07. The second kappa shape index (κ2) is 6.12. The number of hydrazone groups is 1. The normalized spacial score (nSPS) is 14.7. The minimum atomic E-state index is -4.59. The standard InChI is InChI=1S/C15H9ClF3N3O2/c16-9-2-4-12(20-6-9)10-3-1-8(5-11(10)15(17,18)19)13-7-24-14(23)22-21-13/h1-6H,7H2,(H,22,23). The molecule has 0 spiro atoms. The molecule has 24 heavy (non-hydrogen) atoms. The molecule has 1 aliphatic rings. The van der Waals surface area contributed by atoms with E-state index >= 15 is 0 Å². The van der Waals surface area contributed by atoms with Crippen molar-refractivity contribution in [2.75, 3.05) is 6.61 Å². The molecule has 3 rings (SSSR count). The van der Waals surface area contributed by atoms with Crippen molar-refractivity contribution in [2.45, 2.75) is 6.18 Å². The SMILES string of the molecule is O=C1NN=C(c2ccc(-c3ccc(Cl)cn3)c(C(F)(F)F)c2)CO1. The number of aromatic nitrogens is 1. The smallest absolute Gasteiger partial charge is 0.428 e. The lowest BCUT2D eigenvalue weighted by Crippen LogP contribution is -2.30. The van der Waals surface area contributed by atoms with Crippen LogP contribution in [-0.2, 0) is 10.9 Å². The zero-order valence-electron chi connectivity index (χ0n) is 11.9. The van der Waals surface area contributed by atoms with Gasteiger partial charge in [0, 0.05) is 17.3 Å². The molecule has 0 saturated heterocycles. The van der Waals surface area contributed by atoms with Gasteiger partial charge in [-0.1, -0.05) is 23.7 Å². The summed E-state index contributed by atoms with van der Waals surface area (Å²) in [5.74, 6) is 0. The summed E-state index contributed by atoms with van der Waals surface area (Å²) in [5, 5.41) is 4.04. The predicted molar refractivity (Wildman–Crippen MR) is 80.7 cm³/mol. The number of nitrogens with one attached hydrogen (secondary N) is 1. The summed E-state index contributed by atoms with van der Waals surface area (Å²) in [6, 6.07) is 6.58. The van der Waals surface area contributed by atoms with Gasteiger partial charge in [-0.25, -0.2) is 10.2 Å². The van der Waals surface area contributed by atoms with Crippen LogP contribution in [0.2, 0.25) is 5.02 Å². The summed E-state index contributed by atoms with van der Waals surface area (Å²) >= 11 is 5.72. The van der Waals surface area contributed by atoms with Crippen molar-refractivity contribution in [3.05, 3.63) is 52.7 Å². The number of nitrogens with zero attached hydrogens (tertiary/aromatic N) is 2. The Balaban J connectivity index is 2.08. The van der Waals surface area contributed by atoms with E-state index in [0.29, 0.717) is 5.02 Å². The zero-order valence-corrected chi connectivity index (χ0v) is 12.6. The number of ether oxygens (including phenoxy) is 1. The van der Waals surface area contributed by atoms with Crippen LogP contribution in [0.15, 0.2) is 41.6 Å². The average molecular weight is 356 g/mol. The van der Waals surface area contributed by atoms with Gasteiger partial charge in [0.05, 0.1) is 16.3 Å². The molecule has 1 amide bonds. The highest BCUT2D eigenvalue weighted by Gasteiger charge is 2.35. The number of hydrogen-bond acceptors (Lipinski definition) is 4. The quantitative estimate of drug-likeness (QED) is 0.889. The maximum absolute atomic E-state index is 13.4. The second-order valence-corrected chi connectivity index (χ2v) is 5.30. The molecule has 1 N–H and O–H groups in total. The number of alkyl halides is 3. The van der Waals surface area contributed by atoms with Gasteiger partial charge in [0.15, 0.2) is 0 Å². The fourth-order valence-corrected chi connectivity index (χ4v) is 2.29. The monoisotopic (exact) mass is 355 g/mol. The van der Waals surface area contributed by atoms with Gasteiger partial charge >= 0.3 is 12.3 Å². The summed E-state index contributed by atoms with van der Waals surface area (Å²) in [6.45, 7) is -0.207. The molecule has 1 aliphatic heterocycles. The number of hydrogen-bond donors (Lipinski definition) is 1. The molecule has 124 valence electrons. The van der Waals surface area contributed by atoms with Crippen molar-refractivity contribution in [3.63, 3.8) is 0 Å². The van der Waals surface area contributed by atoms with Crippen molar-refractivity contribution < 1.29 is 22.7 Å². The minimum Gasteiger partial charge on any atom is -0.442 e. The van der Waals surface area contributed by atoms with Crippen molar-refractivity contribution in [1.29, 1.82) is 0 Å². The Morgan fingerprint density at radius 3 is 2.58 bits per heavy atom. The third-order valence-corrected chi connectivity index (χ3v) is 3.51. The van der Waals surface area contributed by atoms with E-state index in [9.17, 15) is 18.0 Å². The van der Waals surface area contributed by atoms with Crippen molar-refractivity contribution in [1.82, 2.24) is 10.4 Å². The van der Waals surface area contributed by atoms with Crippen LogP contribution in [0.4, 0.5) is 18.0 Å². The van der Waals surface area contributed by atoms with E-state index in [4.69, 9.17) is 16.3 Å². The Morgan fingerprint density at radius 2 is 2.00 bits per heavy atom. The molecule has 0 atom stereocenters. The molecule has 9 heteroatoms. The molecule has 0 unspecified atom stereocenters. The van der Waals surface area contributed by atoms with E-state index < -0.39 is 17.8 Å². The number of carbonyl (C=O) groups is 1. The van der Waals surface area contributed by atoms with E-state index in [-0.39, 0.29) is 29.1 Å². The predicted octanol–water partition coefficient (Wildman–Crippen LogP) is 3.86. The number of cyclic esters (lactones) is 1. The third kappa shape index (κ3) is 3.33. The highest BCUT2D eigenvalue weighted by atomic mass is 35.5. The highest BCUT2D eigenvalue weighted by Crippen LogP contribution is 2.37. The summed E-state index contributed by atoms with van der Waals surface area (Å²) < 4.78 is 45.0. The molecule has 1 aromatic heterocycles. The van der Waals surface area contributed by atoms with Crippen molar-refractivity contribution in [2.24, 2.45) is 5.10 Å². The lowest BCUT2D eigenvalue weighted by molar-refractivity contribution is -0.137. The molecule has 0 fully saturated rings. The van der Waals surface area contributed by atoms with Crippen LogP contribution >= 0.6 is 11.6 Å². The van der Waals surface area contributed by atoms with Crippen LogP contribution in [0.1, 0.15) is 11.1 Å². The Labute approximate surface area is 139 Å². The summed E-state index contributed by atoms with van der Waals surface area (Å²) in [4.78, 5) is 14.8. The average Bonchev–Trinajstić information content (AvgIpc) is 2.55. The number of rotatable bonds is 2. The zero-order chi connectivity index (χ0) is 17.3. The van der Waals surface area contributed by atoms with Gasteiger partial charge in [-0.2, -0.15) is 18.3 Å². The molecule has 0 bridgehead atoms. The van der Waals surface area contributed by atoms with Gasteiger partial charge < -0.3 is 4.74 Å². The molecule has 0 radical (unpaired) electrons. The van der Waals surface area contributed by atoms with E-state index in [0.717, 1.165) is 6.07 Å². The Bertz CT molecular complexity index is 820. The summed E-state index contributed by atoms with van der Waals surface area (Å²) in [7, 11) is 0. The van der Waals surface area contributed by atoms with Crippen LogP contribution in [-0.4, -0.2) is 23.4 Å². The first-order chi connectivity index (χ1) is 11.3. The van der Waals surface area contributed by atoms with E-state index in [1.54, 1.807) is 0 Å². The fourth-order valence-electron chi connectivity index (χ4n) is 2.18. The minimum absolute atomic E-state index is 0.0794. The van der Waals surface area contributed by atoms with E-state index in [1.807, 2.05) is 0 Å². The van der Waals surface area contributed by atoms with E-state index in [2.05, 4.69) is 15.5 Å². The lowest BCUT2D eigenvalue weighted by Gasteiger charge is -2.17. The molecule has 1 aromatic carbocycles.